The number of carboxylic acid groups (broad SMARTS) is 1. The smallest absolute Gasteiger partial charge is 0.343 e. The van der Waals surface area contributed by atoms with Gasteiger partial charge in [0.2, 0.25) is 0 Å². The van der Waals surface area contributed by atoms with Crippen molar-refractivity contribution in [1.29, 1.82) is 0 Å². The third-order valence-corrected chi connectivity index (χ3v) is 5.88. The second-order valence-electron chi connectivity index (χ2n) is 9.04. The molecule has 0 aliphatic rings. The summed E-state index contributed by atoms with van der Waals surface area (Å²) in [5.41, 5.74) is -0.116. The fourth-order valence-corrected chi connectivity index (χ4v) is 3.81. The molecule has 6 nitrogen and oxygen atoms in total. The minimum atomic E-state index is -1.55. The molecule has 0 aromatic heterocycles. The van der Waals surface area contributed by atoms with Crippen LogP contribution in [-0.4, -0.2) is 36.2 Å². The van der Waals surface area contributed by atoms with E-state index in [2.05, 4.69) is 13.8 Å². The highest BCUT2D eigenvalue weighted by atomic mass is 16.9. The van der Waals surface area contributed by atoms with Gasteiger partial charge in [-0.2, -0.15) is 0 Å². The number of hydrogen-bond donors (Lipinski definition) is 1. The molecule has 0 unspecified atom stereocenters. The molecule has 0 aliphatic heterocycles. The molecule has 0 radical (unpaired) electrons. The van der Waals surface area contributed by atoms with Crippen LogP contribution in [-0.2, 0) is 14.2 Å². The lowest BCUT2D eigenvalue weighted by Crippen LogP contribution is -2.39. The number of unbranched alkanes of at least 4 members (excludes halogenated alkanes) is 12. The first-order chi connectivity index (χ1) is 16.4. The first kappa shape index (κ1) is 30.1. The molecule has 1 rings (SSSR count). The van der Waals surface area contributed by atoms with Gasteiger partial charge in [-0.05, 0) is 25.0 Å². The van der Waals surface area contributed by atoms with Crippen LogP contribution in [0.2, 0.25) is 0 Å². The van der Waals surface area contributed by atoms with E-state index < -0.39 is 17.9 Å². The second kappa shape index (κ2) is 18.4. The predicted octanol–water partition coefficient (Wildman–Crippen LogP) is 7.75. The first-order valence-corrected chi connectivity index (χ1v) is 13.3. The van der Waals surface area contributed by atoms with E-state index in [0.717, 1.165) is 38.5 Å². The summed E-state index contributed by atoms with van der Waals surface area (Å²) in [5, 5.41) is 9.40. The molecule has 1 aromatic carbocycles. The van der Waals surface area contributed by atoms with E-state index in [-0.39, 0.29) is 11.1 Å². The molecule has 34 heavy (non-hydrogen) atoms. The van der Waals surface area contributed by atoms with Gasteiger partial charge < -0.3 is 19.3 Å². The molecule has 0 fully saturated rings. The Kier molecular flexibility index (Phi) is 16.3. The number of carboxylic acids is 1. The lowest BCUT2D eigenvalue weighted by molar-refractivity contribution is -0.345. The predicted molar refractivity (Wildman–Crippen MR) is 135 cm³/mol. The summed E-state index contributed by atoms with van der Waals surface area (Å²) in [4.78, 5) is 24.3. The molecule has 0 saturated carbocycles. The van der Waals surface area contributed by atoms with Crippen LogP contribution < -0.4 is 0 Å². The Labute approximate surface area is 206 Å². The molecular formula is C28H46O6. The summed E-state index contributed by atoms with van der Waals surface area (Å²) in [7, 11) is 0. The van der Waals surface area contributed by atoms with Crippen molar-refractivity contribution in [2.45, 2.75) is 117 Å². The lowest BCUT2D eigenvalue weighted by Gasteiger charge is -2.29. The van der Waals surface area contributed by atoms with Crippen molar-refractivity contribution in [3.8, 4) is 0 Å². The molecular weight excluding hydrogens is 432 g/mol. The van der Waals surface area contributed by atoms with Crippen LogP contribution >= 0.6 is 0 Å². The Morgan fingerprint density at radius 3 is 1.56 bits per heavy atom. The third kappa shape index (κ3) is 13.1. The van der Waals surface area contributed by atoms with Gasteiger partial charge in [0.15, 0.2) is 0 Å². The molecule has 0 heterocycles. The monoisotopic (exact) mass is 478 g/mol. The molecule has 194 valence electrons. The van der Waals surface area contributed by atoms with Gasteiger partial charge in [-0.25, -0.2) is 9.59 Å². The number of carbonyl (C=O) groups excluding carboxylic acids is 1. The maximum atomic E-state index is 12.8. The number of esters is 1. The summed E-state index contributed by atoms with van der Waals surface area (Å²) in [6, 6.07) is 6.01. The summed E-state index contributed by atoms with van der Waals surface area (Å²) < 4.78 is 17.4. The van der Waals surface area contributed by atoms with E-state index in [1.54, 1.807) is 19.1 Å². The van der Waals surface area contributed by atoms with Crippen molar-refractivity contribution < 1.29 is 28.9 Å². The fourth-order valence-electron chi connectivity index (χ4n) is 3.81. The summed E-state index contributed by atoms with van der Waals surface area (Å²) in [5.74, 6) is -3.49. The molecule has 0 amide bonds. The molecule has 1 aromatic rings. The Morgan fingerprint density at radius 2 is 1.12 bits per heavy atom. The molecule has 0 atom stereocenters. The van der Waals surface area contributed by atoms with E-state index in [9.17, 15) is 14.7 Å². The Hall–Kier alpha value is -1.92. The lowest BCUT2D eigenvalue weighted by atomic mass is 10.1. The Balaban J connectivity index is 2.60. The minimum absolute atomic E-state index is 0.0136. The number of ether oxygens (including phenoxy) is 3. The molecule has 0 saturated heterocycles. The zero-order valence-corrected chi connectivity index (χ0v) is 21.6. The van der Waals surface area contributed by atoms with Crippen molar-refractivity contribution in [1.82, 2.24) is 0 Å². The maximum Gasteiger partial charge on any atom is 0.343 e. The van der Waals surface area contributed by atoms with Crippen molar-refractivity contribution in [3.63, 3.8) is 0 Å². The maximum absolute atomic E-state index is 12.8. The highest BCUT2D eigenvalue weighted by Gasteiger charge is 2.33. The van der Waals surface area contributed by atoms with Crippen molar-refractivity contribution in [2.75, 3.05) is 13.2 Å². The van der Waals surface area contributed by atoms with Gasteiger partial charge in [0.05, 0.1) is 24.3 Å². The quantitative estimate of drug-likeness (QED) is 0.110. The standard InChI is InChI=1S/C28H46O6/c1-4-6-8-10-12-14-18-22-32-28(3,33-23-19-15-13-11-9-7-5-2)34-27(31)25-21-17-16-20-24(25)26(29)30/h16-17,20-21H,4-15,18-19,22-23H2,1-3H3,(H,29,30). The van der Waals surface area contributed by atoms with Crippen LogP contribution in [0.1, 0.15) is 131 Å². The number of carbonyl (C=O) groups is 2. The van der Waals surface area contributed by atoms with E-state index >= 15 is 0 Å². The SMILES string of the molecule is CCCCCCCCCOC(C)(OCCCCCCCCC)OC(=O)c1ccccc1C(=O)O. The van der Waals surface area contributed by atoms with Crippen LogP contribution in [0.4, 0.5) is 0 Å². The summed E-state index contributed by atoms with van der Waals surface area (Å²) >= 11 is 0. The summed E-state index contributed by atoms with van der Waals surface area (Å²) in [6.45, 7) is 6.83. The van der Waals surface area contributed by atoms with Crippen LogP contribution in [0.3, 0.4) is 0 Å². The van der Waals surface area contributed by atoms with Crippen LogP contribution in [0.5, 0.6) is 0 Å². The van der Waals surface area contributed by atoms with Crippen molar-refractivity contribution >= 4 is 11.9 Å². The number of rotatable bonds is 21. The molecule has 0 spiro atoms. The van der Waals surface area contributed by atoms with E-state index in [4.69, 9.17) is 14.2 Å². The van der Waals surface area contributed by atoms with Gasteiger partial charge in [-0.1, -0.05) is 103 Å². The highest BCUT2D eigenvalue weighted by molar-refractivity contribution is 6.02. The van der Waals surface area contributed by atoms with Gasteiger partial charge in [0.1, 0.15) is 0 Å². The topological polar surface area (TPSA) is 82.1 Å². The van der Waals surface area contributed by atoms with Gasteiger partial charge >= 0.3 is 17.9 Å². The Bertz CT molecular complexity index is 667. The average Bonchev–Trinajstić information content (AvgIpc) is 2.82. The second-order valence-corrected chi connectivity index (χ2v) is 9.04. The van der Waals surface area contributed by atoms with Crippen molar-refractivity contribution in [3.05, 3.63) is 35.4 Å². The fraction of sp³-hybridized carbons (Fsp3) is 0.714. The molecule has 0 aliphatic carbocycles. The number of aromatic carboxylic acids is 1. The van der Waals surface area contributed by atoms with Crippen LogP contribution in [0, 0.1) is 0 Å². The van der Waals surface area contributed by atoms with E-state index in [1.165, 1.54) is 63.5 Å². The molecule has 6 heteroatoms. The number of benzene rings is 1. The Morgan fingerprint density at radius 1 is 0.706 bits per heavy atom. The average molecular weight is 479 g/mol. The third-order valence-electron chi connectivity index (χ3n) is 5.88. The van der Waals surface area contributed by atoms with Crippen LogP contribution in [0.15, 0.2) is 24.3 Å². The normalized spacial score (nSPS) is 11.5. The highest BCUT2D eigenvalue weighted by Crippen LogP contribution is 2.21. The zero-order valence-electron chi connectivity index (χ0n) is 21.6. The van der Waals surface area contributed by atoms with Gasteiger partial charge in [0, 0.05) is 6.92 Å². The van der Waals surface area contributed by atoms with Gasteiger partial charge in [-0.3, -0.25) is 0 Å². The van der Waals surface area contributed by atoms with Crippen LogP contribution in [0.25, 0.3) is 0 Å². The number of hydrogen-bond acceptors (Lipinski definition) is 5. The molecule has 1 N–H and O–H groups in total. The first-order valence-electron chi connectivity index (χ1n) is 13.3. The van der Waals surface area contributed by atoms with Crippen molar-refractivity contribution in [2.24, 2.45) is 0 Å². The zero-order chi connectivity index (χ0) is 25.1. The van der Waals surface area contributed by atoms with E-state index in [0.29, 0.717) is 13.2 Å². The molecule has 0 bridgehead atoms. The minimum Gasteiger partial charge on any atom is -0.478 e. The van der Waals surface area contributed by atoms with E-state index in [1.807, 2.05) is 0 Å². The summed E-state index contributed by atoms with van der Waals surface area (Å²) in [6.07, 6.45) is 16.1. The van der Waals surface area contributed by atoms with Gasteiger partial charge in [-0.15, -0.1) is 0 Å². The van der Waals surface area contributed by atoms with Gasteiger partial charge in [0.25, 0.3) is 0 Å². The largest absolute Gasteiger partial charge is 0.478 e.